The molecule has 5 nitrogen and oxygen atoms in total. The molecule has 22 heavy (non-hydrogen) atoms. The molecule has 0 saturated heterocycles. The molecule has 2 amide bonds. The van der Waals surface area contributed by atoms with E-state index in [9.17, 15) is 9.59 Å². The van der Waals surface area contributed by atoms with E-state index in [0.717, 1.165) is 0 Å². The molecule has 0 spiro atoms. The van der Waals surface area contributed by atoms with Crippen molar-refractivity contribution in [3.63, 3.8) is 0 Å². The summed E-state index contributed by atoms with van der Waals surface area (Å²) in [4.78, 5) is 22.7. The number of nitrogens with one attached hydrogen (secondary N) is 2. The topological polar surface area (TPSA) is 67.4 Å². The third kappa shape index (κ3) is 5.10. The molecule has 2 aromatic rings. The summed E-state index contributed by atoms with van der Waals surface area (Å²) in [6, 6.07) is 13.6. The minimum Gasteiger partial charge on any atom is -0.484 e. The normalized spacial score (nSPS) is 9.91. The monoisotopic (exact) mass is 318 g/mol. The van der Waals surface area contributed by atoms with Crippen LogP contribution in [-0.4, -0.2) is 18.4 Å². The van der Waals surface area contributed by atoms with Crippen LogP contribution in [0.1, 0.15) is 6.92 Å². The van der Waals surface area contributed by atoms with Gasteiger partial charge in [0.2, 0.25) is 5.91 Å². The van der Waals surface area contributed by atoms with E-state index in [1.54, 1.807) is 48.5 Å². The van der Waals surface area contributed by atoms with Gasteiger partial charge in [0, 0.05) is 23.3 Å². The first-order valence-electron chi connectivity index (χ1n) is 6.59. The second kappa shape index (κ2) is 7.47. The maximum absolute atomic E-state index is 11.8. The predicted octanol–water partition coefficient (Wildman–Crippen LogP) is 3.32. The minimum atomic E-state index is -0.284. The lowest BCUT2D eigenvalue weighted by Crippen LogP contribution is -2.20. The van der Waals surface area contributed by atoms with E-state index in [1.807, 2.05) is 0 Å². The minimum absolute atomic E-state index is 0.119. The molecule has 0 aliphatic carbocycles. The third-order valence-corrected chi connectivity index (χ3v) is 2.89. The van der Waals surface area contributed by atoms with E-state index >= 15 is 0 Å². The van der Waals surface area contributed by atoms with Gasteiger partial charge in [0.15, 0.2) is 6.61 Å². The van der Waals surface area contributed by atoms with Crippen LogP contribution in [-0.2, 0) is 9.59 Å². The zero-order valence-corrected chi connectivity index (χ0v) is 12.7. The van der Waals surface area contributed by atoms with Crippen LogP contribution in [0.4, 0.5) is 11.4 Å². The number of rotatable bonds is 5. The molecule has 0 atom stereocenters. The SMILES string of the molecule is CC(=O)Nc1ccc(OCC(=O)Nc2cccc(Cl)c2)cc1. The summed E-state index contributed by atoms with van der Waals surface area (Å²) in [5, 5.41) is 5.88. The van der Waals surface area contributed by atoms with Gasteiger partial charge in [-0.05, 0) is 42.5 Å². The highest BCUT2D eigenvalue weighted by Crippen LogP contribution is 2.17. The molecule has 6 heteroatoms. The molecule has 0 bridgehead atoms. The van der Waals surface area contributed by atoms with E-state index in [-0.39, 0.29) is 18.4 Å². The fourth-order valence-corrected chi connectivity index (χ4v) is 1.94. The van der Waals surface area contributed by atoms with Crippen LogP contribution in [0.3, 0.4) is 0 Å². The van der Waals surface area contributed by atoms with Crippen molar-refractivity contribution in [2.24, 2.45) is 0 Å². The molecule has 2 aromatic carbocycles. The van der Waals surface area contributed by atoms with Crippen LogP contribution in [0.15, 0.2) is 48.5 Å². The smallest absolute Gasteiger partial charge is 0.262 e. The van der Waals surface area contributed by atoms with E-state index in [4.69, 9.17) is 16.3 Å². The summed E-state index contributed by atoms with van der Waals surface area (Å²) in [5.74, 6) is 0.109. The molecule has 0 heterocycles. The van der Waals surface area contributed by atoms with Gasteiger partial charge in [0.25, 0.3) is 5.91 Å². The number of halogens is 1. The van der Waals surface area contributed by atoms with Gasteiger partial charge in [0.1, 0.15) is 5.75 Å². The van der Waals surface area contributed by atoms with Gasteiger partial charge >= 0.3 is 0 Å². The standard InChI is InChI=1S/C16H15ClN2O3/c1-11(20)18-13-5-7-15(8-6-13)22-10-16(21)19-14-4-2-3-12(17)9-14/h2-9H,10H2,1H3,(H,18,20)(H,19,21). The number of ether oxygens (including phenoxy) is 1. The van der Waals surface area contributed by atoms with Crippen molar-refractivity contribution in [2.45, 2.75) is 6.92 Å². The fraction of sp³-hybridized carbons (Fsp3) is 0.125. The van der Waals surface area contributed by atoms with Crippen LogP contribution < -0.4 is 15.4 Å². The molecule has 0 aliphatic rings. The van der Waals surface area contributed by atoms with Crippen LogP contribution in [0.25, 0.3) is 0 Å². The molecule has 2 N–H and O–H groups in total. The van der Waals surface area contributed by atoms with Crippen molar-refractivity contribution in [1.29, 1.82) is 0 Å². The first kappa shape index (κ1) is 15.9. The predicted molar refractivity (Wildman–Crippen MR) is 86.3 cm³/mol. The summed E-state index contributed by atoms with van der Waals surface area (Å²) in [6.07, 6.45) is 0. The van der Waals surface area contributed by atoms with Gasteiger partial charge in [-0.25, -0.2) is 0 Å². The van der Waals surface area contributed by atoms with Crippen molar-refractivity contribution in [3.05, 3.63) is 53.6 Å². The molecular weight excluding hydrogens is 304 g/mol. The maximum atomic E-state index is 11.8. The highest BCUT2D eigenvalue weighted by molar-refractivity contribution is 6.30. The lowest BCUT2D eigenvalue weighted by atomic mass is 10.3. The molecule has 0 unspecified atom stereocenters. The summed E-state index contributed by atoms with van der Waals surface area (Å²) >= 11 is 5.84. The Bertz CT molecular complexity index is 671. The number of carbonyl (C=O) groups is 2. The van der Waals surface area contributed by atoms with Crippen LogP contribution >= 0.6 is 11.6 Å². The van der Waals surface area contributed by atoms with Gasteiger partial charge < -0.3 is 15.4 Å². The number of amides is 2. The Hall–Kier alpha value is -2.53. The number of hydrogen-bond acceptors (Lipinski definition) is 3. The zero-order valence-electron chi connectivity index (χ0n) is 11.9. The highest BCUT2D eigenvalue weighted by Gasteiger charge is 2.04. The average molecular weight is 319 g/mol. The molecule has 0 saturated carbocycles. The first-order valence-corrected chi connectivity index (χ1v) is 6.96. The molecule has 0 aliphatic heterocycles. The van der Waals surface area contributed by atoms with Crippen molar-refractivity contribution in [1.82, 2.24) is 0 Å². The molecule has 114 valence electrons. The van der Waals surface area contributed by atoms with Gasteiger partial charge in [-0.3, -0.25) is 9.59 Å². The van der Waals surface area contributed by atoms with Gasteiger partial charge in [-0.2, -0.15) is 0 Å². The summed E-state index contributed by atoms with van der Waals surface area (Å²) in [7, 11) is 0. The van der Waals surface area contributed by atoms with E-state index < -0.39 is 0 Å². The Balaban J connectivity index is 1.84. The van der Waals surface area contributed by atoms with Gasteiger partial charge in [-0.15, -0.1) is 0 Å². The number of anilines is 2. The second-order valence-electron chi connectivity index (χ2n) is 4.55. The number of benzene rings is 2. The fourth-order valence-electron chi connectivity index (χ4n) is 1.75. The quantitative estimate of drug-likeness (QED) is 0.888. The van der Waals surface area contributed by atoms with Crippen LogP contribution in [0, 0.1) is 0 Å². The van der Waals surface area contributed by atoms with E-state index in [0.29, 0.717) is 22.1 Å². The van der Waals surface area contributed by atoms with Gasteiger partial charge in [0.05, 0.1) is 0 Å². The Morgan fingerprint density at radius 3 is 2.41 bits per heavy atom. The zero-order chi connectivity index (χ0) is 15.9. The van der Waals surface area contributed by atoms with Crippen molar-refractivity contribution in [2.75, 3.05) is 17.2 Å². The van der Waals surface area contributed by atoms with Crippen LogP contribution in [0.5, 0.6) is 5.75 Å². The lowest BCUT2D eigenvalue weighted by Gasteiger charge is -2.08. The van der Waals surface area contributed by atoms with Crippen LogP contribution in [0.2, 0.25) is 5.02 Å². The Kier molecular flexibility index (Phi) is 5.38. The van der Waals surface area contributed by atoms with Crippen molar-refractivity contribution >= 4 is 34.8 Å². The summed E-state index contributed by atoms with van der Waals surface area (Å²) < 4.78 is 5.37. The Labute approximate surface area is 133 Å². The molecule has 0 radical (unpaired) electrons. The molecule has 2 rings (SSSR count). The number of hydrogen-bond donors (Lipinski definition) is 2. The summed E-state index contributed by atoms with van der Waals surface area (Å²) in [6.45, 7) is 1.32. The number of carbonyl (C=O) groups excluding carboxylic acids is 2. The molecule has 0 fully saturated rings. The van der Waals surface area contributed by atoms with E-state index in [1.165, 1.54) is 6.92 Å². The maximum Gasteiger partial charge on any atom is 0.262 e. The van der Waals surface area contributed by atoms with E-state index in [2.05, 4.69) is 10.6 Å². The van der Waals surface area contributed by atoms with Gasteiger partial charge in [-0.1, -0.05) is 17.7 Å². The third-order valence-electron chi connectivity index (χ3n) is 2.65. The lowest BCUT2D eigenvalue weighted by molar-refractivity contribution is -0.118. The largest absolute Gasteiger partial charge is 0.484 e. The average Bonchev–Trinajstić information content (AvgIpc) is 2.46. The Morgan fingerprint density at radius 1 is 1.05 bits per heavy atom. The Morgan fingerprint density at radius 2 is 1.77 bits per heavy atom. The first-order chi connectivity index (χ1) is 10.5. The molecular formula is C16H15ClN2O3. The van der Waals surface area contributed by atoms with Crippen molar-refractivity contribution in [3.8, 4) is 5.75 Å². The molecule has 0 aromatic heterocycles. The second-order valence-corrected chi connectivity index (χ2v) is 4.99. The highest BCUT2D eigenvalue weighted by atomic mass is 35.5. The summed E-state index contributed by atoms with van der Waals surface area (Å²) in [5.41, 5.74) is 1.28. The van der Waals surface area contributed by atoms with Crippen molar-refractivity contribution < 1.29 is 14.3 Å².